The molecule has 0 fully saturated rings. The number of aromatic nitrogens is 2. The maximum Gasteiger partial charge on any atom is 0.148 e. The van der Waals surface area contributed by atoms with Crippen molar-refractivity contribution in [3.63, 3.8) is 0 Å². The van der Waals surface area contributed by atoms with Crippen LogP contribution in [-0.4, -0.2) is 9.55 Å². The van der Waals surface area contributed by atoms with E-state index in [0.29, 0.717) is 17.5 Å². The van der Waals surface area contributed by atoms with Gasteiger partial charge in [-0.2, -0.15) is 0 Å². The number of hydrogen-bond donors (Lipinski definition) is 0. The lowest BCUT2D eigenvalue weighted by atomic mass is 10.1. The zero-order valence-corrected chi connectivity index (χ0v) is 15.7. The van der Waals surface area contributed by atoms with Gasteiger partial charge in [0, 0.05) is 11.6 Å². The Labute approximate surface area is 158 Å². The summed E-state index contributed by atoms with van der Waals surface area (Å²) in [5.41, 5.74) is 2.01. The molecule has 1 heterocycles. The standard InChI is InChI=1S/C22H21ClN2O/c1-15(2)13-25-21-10-8-18(23)12-20(21)24-22(25)14-26-19-9-7-16-5-3-4-6-17(16)11-19/h3-12,15H,13-14H2,1-2H3. The number of hydrogen-bond acceptors (Lipinski definition) is 2. The lowest BCUT2D eigenvalue weighted by Crippen LogP contribution is -2.11. The van der Waals surface area contributed by atoms with E-state index in [1.807, 2.05) is 36.4 Å². The first kappa shape index (κ1) is 16.9. The molecule has 0 saturated heterocycles. The number of halogens is 1. The first-order valence-corrected chi connectivity index (χ1v) is 9.24. The normalized spacial score (nSPS) is 11.5. The third kappa shape index (κ3) is 3.40. The van der Waals surface area contributed by atoms with Crippen LogP contribution in [-0.2, 0) is 13.2 Å². The van der Waals surface area contributed by atoms with Gasteiger partial charge in [0.1, 0.15) is 18.2 Å². The first-order valence-electron chi connectivity index (χ1n) is 8.86. The second kappa shape index (κ2) is 7.00. The van der Waals surface area contributed by atoms with Crippen molar-refractivity contribution >= 4 is 33.4 Å². The molecule has 4 heteroatoms. The molecular formula is C22H21ClN2O. The molecule has 0 saturated carbocycles. The van der Waals surface area contributed by atoms with E-state index >= 15 is 0 Å². The molecule has 4 aromatic rings. The van der Waals surface area contributed by atoms with Crippen LogP contribution in [0.15, 0.2) is 60.7 Å². The fourth-order valence-electron chi connectivity index (χ4n) is 3.24. The summed E-state index contributed by atoms with van der Waals surface area (Å²) in [4.78, 5) is 4.76. The van der Waals surface area contributed by atoms with Gasteiger partial charge in [-0.05, 0) is 47.0 Å². The summed E-state index contributed by atoms with van der Waals surface area (Å²) in [6, 6.07) is 20.3. The van der Waals surface area contributed by atoms with Crippen LogP contribution in [0.25, 0.3) is 21.8 Å². The molecule has 0 bridgehead atoms. The van der Waals surface area contributed by atoms with Gasteiger partial charge in [-0.25, -0.2) is 4.98 Å². The van der Waals surface area contributed by atoms with Crippen molar-refractivity contribution in [3.8, 4) is 5.75 Å². The molecule has 0 spiro atoms. The molecule has 0 atom stereocenters. The van der Waals surface area contributed by atoms with Crippen molar-refractivity contribution in [2.24, 2.45) is 5.92 Å². The zero-order chi connectivity index (χ0) is 18.1. The van der Waals surface area contributed by atoms with Crippen LogP contribution < -0.4 is 4.74 Å². The molecule has 0 unspecified atom stereocenters. The van der Waals surface area contributed by atoms with Gasteiger partial charge < -0.3 is 9.30 Å². The largest absolute Gasteiger partial charge is 0.486 e. The van der Waals surface area contributed by atoms with Gasteiger partial charge in [-0.1, -0.05) is 55.8 Å². The molecular weight excluding hydrogens is 344 g/mol. The average Bonchev–Trinajstić information content (AvgIpc) is 2.95. The molecule has 3 nitrogen and oxygen atoms in total. The monoisotopic (exact) mass is 364 g/mol. The molecule has 0 aliphatic carbocycles. The molecule has 0 aliphatic heterocycles. The Bertz CT molecular complexity index is 1070. The van der Waals surface area contributed by atoms with Crippen LogP contribution in [0.3, 0.4) is 0 Å². The number of nitrogens with zero attached hydrogens (tertiary/aromatic N) is 2. The van der Waals surface area contributed by atoms with E-state index in [1.54, 1.807) is 0 Å². The summed E-state index contributed by atoms with van der Waals surface area (Å²) in [6.07, 6.45) is 0. The Morgan fingerprint density at radius 2 is 1.81 bits per heavy atom. The quantitative estimate of drug-likeness (QED) is 0.429. The minimum Gasteiger partial charge on any atom is -0.486 e. The molecule has 132 valence electrons. The predicted molar refractivity (Wildman–Crippen MR) is 108 cm³/mol. The van der Waals surface area contributed by atoms with Crippen LogP contribution in [0, 0.1) is 5.92 Å². The minimum atomic E-state index is 0.428. The van der Waals surface area contributed by atoms with E-state index in [4.69, 9.17) is 21.3 Å². The number of ether oxygens (including phenoxy) is 1. The summed E-state index contributed by atoms with van der Waals surface area (Å²) < 4.78 is 8.30. The second-order valence-corrected chi connectivity index (χ2v) is 7.40. The van der Waals surface area contributed by atoms with Gasteiger partial charge in [0.05, 0.1) is 11.0 Å². The van der Waals surface area contributed by atoms with Crippen molar-refractivity contribution in [2.45, 2.75) is 27.0 Å². The summed E-state index contributed by atoms with van der Waals surface area (Å²) in [7, 11) is 0. The maximum absolute atomic E-state index is 6.13. The Hall–Kier alpha value is -2.52. The molecule has 4 rings (SSSR count). The van der Waals surface area contributed by atoms with E-state index in [-0.39, 0.29) is 0 Å². The van der Waals surface area contributed by atoms with Crippen LogP contribution in [0.4, 0.5) is 0 Å². The third-order valence-corrected chi connectivity index (χ3v) is 4.66. The van der Waals surface area contributed by atoms with Crippen LogP contribution >= 0.6 is 11.6 Å². The molecule has 0 N–H and O–H groups in total. The highest BCUT2D eigenvalue weighted by Crippen LogP contribution is 2.24. The topological polar surface area (TPSA) is 27.1 Å². The fraction of sp³-hybridized carbons (Fsp3) is 0.227. The van der Waals surface area contributed by atoms with Crippen molar-refractivity contribution in [3.05, 3.63) is 71.5 Å². The number of imidazole rings is 1. The molecule has 1 aromatic heterocycles. The van der Waals surface area contributed by atoms with Crippen molar-refractivity contribution in [1.29, 1.82) is 0 Å². The van der Waals surface area contributed by atoms with E-state index < -0.39 is 0 Å². The van der Waals surface area contributed by atoms with Crippen LogP contribution in [0.5, 0.6) is 5.75 Å². The molecule has 0 amide bonds. The predicted octanol–water partition coefficient (Wildman–Crippen LogP) is 6.08. The van der Waals surface area contributed by atoms with Crippen LogP contribution in [0.2, 0.25) is 5.02 Å². The maximum atomic E-state index is 6.13. The number of benzene rings is 3. The Morgan fingerprint density at radius 3 is 2.62 bits per heavy atom. The fourth-order valence-corrected chi connectivity index (χ4v) is 3.40. The highest BCUT2D eigenvalue weighted by molar-refractivity contribution is 6.31. The van der Waals surface area contributed by atoms with Gasteiger partial charge in [0.2, 0.25) is 0 Å². The van der Waals surface area contributed by atoms with Gasteiger partial charge in [-0.3, -0.25) is 0 Å². The third-order valence-electron chi connectivity index (χ3n) is 4.43. The Morgan fingerprint density at radius 1 is 1.00 bits per heavy atom. The first-order chi connectivity index (χ1) is 12.6. The second-order valence-electron chi connectivity index (χ2n) is 6.96. The molecule has 0 aliphatic rings. The number of fused-ring (bicyclic) bond motifs is 2. The van der Waals surface area contributed by atoms with Crippen molar-refractivity contribution in [2.75, 3.05) is 0 Å². The SMILES string of the molecule is CC(C)Cn1c(COc2ccc3ccccc3c2)nc2cc(Cl)ccc21. The molecule has 3 aromatic carbocycles. The van der Waals surface area contributed by atoms with Gasteiger partial charge in [0.25, 0.3) is 0 Å². The Kier molecular flexibility index (Phi) is 4.56. The summed E-state index contributed by atoms with van der Waals surface area (Å²) in [5.74, 6) is 2.29. The van der Waals surface area contributed by atoms with E-state index in [0.717, 1.165) is 29.2 Å². The van der Waals surface area contributed by atoms with Gasteiger partial charge >= 0.3 is 0 Å². The van der Waals surface area contributed by atoms with E-state index in [9.17, 15) is 0 Å². The average molecular weight is 365 g/mol. The molecule has 0 radical (unpaired) electrons. The minimum absolute atomic E-state index is 0.428. The number of rotatable bonds is 5. The van der Waals surface area contributed by atoms with E-state index in [1.165, 1.54) is 10.8 Å². The van der Waals surface area contributed by atoms with Crippen LogP contribution in [0.1, 0.15) is 19.7 Å². The highest BCUT2D eigenvalue weighted by Gasteiger charge is 2.13. The zero-order valence-electron chi connectivity index (χ0n) is 14.9. The molecule has 26 heavy (non-hydrogen) atoms. The lowest BCUT2D eigenvalue weighted by Gasteiger charge is -2.13. The highest BCUT2D eigenvalue weighted by atomic mass is 35.5. The van der Waals surface area contributed by atoms with E-state index in [2.05, 4.69) is 42.7 Å². The summed E-state index contributed by atoms with van der Waals surface area (Å²) >= 11 is 6.13. The lowest BCUT2D eigenvalue weighted by molar-refractivity contribution is 0.288. The summed E-state index contributed by atoms with van der Waals surface area (Å²) in [6.45, 7) is 5.73. The Balaban J connectivity index is 1.64. The van der Waals surface area contributed by atoms with Crippen molar-refractivity contribution < 1.29 is 4.74 Å². The van der Waals surface area contributed by atoms with Crippen molar-refractivity contribution in [1.82, 2.24) is 9.55 Å². The van der Waals surface area contributed by atoms with Gasteiger partial charge in [0.15, 0.2) is 0 Å². The van der Waals surface area contributed by atoms with Gasteiger partial charge in [-0.15, -0.1) is 0 Å². The smallest absolute Gasteiger partial charge is 0.148 e. The summed E-state index contributed by atoms with van der Waals surface area (Å²) in [5, 5.41) is 3.09.